The molecular formula is C14H23BrIN3O2. The van der Waals surface area contributed by atoms with Gasteiger partial charge in [-0.1, -0.05) is 0 Å². The van der Waals surface area contributed by atoms with Gasteiger partial charge in [0.15, 0.2) is 17.5 Å². The Morgan fingerprint density at radius 3 is 2.24 bits per heavy atom. The first kappa shape index (κ1) is 20.3. The fourth-order valence-electron chi connectivity index (χ4n) is 1.74. The van der Waals surface area contributed by atoms with E-state index >= 15 is 0 Å². The van der Waals surface area contributed by atoms with Crippen molar-refractivity contribution in [3.8, 4) is 11.5 Å². The zero-order chi connectivity index (χ0) is 15.0. The lowest BCUT2D eigenvalue weighted by Gasteiger charge is -2.12. The van der Waals surface area contributed by atoms with E-state index < -0.39 is 0 Å². The van der Waals surface area contributed by atoms with Gasteiger partial charge in [0, 0.05) is 13.1 Å². The molecular weight excluding hydrogens is 449 g/mol. The van der Waals surface area contributed by atoms with Crippen molar-refractivity contribution in [3.05, 3.63) is 22.2 Å². The number of methoxy groups -OCH3 is 2. The second kappa shape index (κ2) is 10.9. The second-order valence-corrected chi connectivity index (χ2v) is 4.89. The topological polar surface area (TPSA) is 54.9 Å². The van der Waals surface area contributed by atoms with Crippen LogP contribution in [0.4, 0.5) is 0 Å². The Labute approximate surface area is 152 Å². The maximum Gasteiger partial charge on any atom is 0.191 e. The van der Waals surface area contributed by atoms with Crippen LogP contribution in [0.25, 0.3) is 0 Å². The van der Waals surface area contributed by atoms with Gasteiger partial charge >= 0.3 is 0 Å². The van der Waals surface area contributed by atoms with Crippen molar-refractivity contribution >= 4 is 45.9 Å². The Bertz CT molecular complexity index is 462. The lowest BCUT2D eigenvalue weighted by molar-refractivity contribution is 0.352. The predicted octanol–water partition coefficient (Wildman–Crippen LogP) is 3.16. The highest BCUT2D eigenvalue weighted by molar-refractivity contribution is 14.0. The molecule has 0 spiro atoms. The maximum absolute atomic E-state index is 5.32. The Morgan fingerprint density at radius 1 is 1.14 bits per heavy atom. The molecule has 0 heterocycles. The SMILES string of the molecule is CCNC(=NCc1cc(Br)c(OC)c(OC)c1)NCC.I. The smallest absolute Gasteiger partial charge is 0.191 e. The van der Waals surface area contributed by atoms with Crippen LogP contribution in [0.3, 0.4) is 0 Å². The van der Waals surface area contributed by atoms with E-state index in [1.54, 1.807) is 14.2 Å². The normalized spacial score (nSPS) is 9.38. The zero-order valence-corrected chi connectivity index (χ0v) is 16.7. The molecule has 0 unspecified atom stereocenters. The van der Waals surface area contributed by atoms with Crippen LogP contribution < -0.4 is 20.1 Å². The standard InChI is InChI=1S/C14H22BrN3O2.HI/c1-5-16-14(17-6-2)18-9-10-7-11(15)13(20-4)12(8-10)19-3;/h7-8H,5-6,9H2,1-4H3,(H2,16,17,18);1H. The fourth-order valence-corrected chi connectivity index (χ4v) is 2.39. The number of benzene rings is 1. The Balaban J connectivity index is 0.00000400. The lowest BCUT2D eigenvalue weighted by atomic mass is 10.2. The molecule has 1 aromatic rings. The lowest BCUT2D eigenvalue weighted by Crippen LogP contribution is -2.36. The molecule has 1 aromatic carbocycles. The van der Waals surface area contributed by atoms with Crippen LogP contribution in [0.2, 0.25) is 0 Å². The van der Waals surface area contributed by atoms with Gasteiger partial charge in [0.1, 0.15) is 0 Å². The predicted molar refractivity (Wildman–Crippen MR) is 101 cm³/mol. The van der Waals surface area contributed by atoms with Gasteiger partial charge in [-0.05, 0) is 47.5 Å². The number of ether oxygens (including phenoxy) is 2. The molecule has 0 radical (unpaired) electrons. The molecule has 2 N–H and O–H groups in total. The number of aliphatic imine (C=N–C) groups is 1. The monoisotopic (exact) mass is 471 g/mol. The van der Waals surface area contributed by atoms with E-state index in [4.69, 9.17) is 9.47 Å². The maximum atomic E-state index is 5.32. The summed E-state index contributed by atoms with van der Waals surface area (Å²) in [6, 6.07) is 3.92. The minimum absolute atomic E-state index is 0. The average Bonchev–Trinajstić information content (AvgIpc) is 2.44. The summed E-state index contributed by atoms with van der Waals surface area (Å²) in [5.41, 5.74) is 1.04. The number of rotatable bonds is 6. The highest BCUT2D eigenvalue weighted by Crippen LogP contribution is 2.36. The molecule has 0 aliphatic carbocycles. The summed E-state index contributed by atoms with van der Waals surface area (Å²) < 4.78 is 11.5. The molecule has 0 aliphatic rings. The first-order chi connectivity index (χ1) is 9.65. The second-order valence-electron chi connectivity index (χ2n) is 4.04. The first-order valence-electron chi connectivity index (χ1n) is 6.58. The van der Waals surface area contributed by atoms with Crippen molar-refractivity contribution in [3.63, 3.8) is 0 Å². The van der Waals surface area contributed by atoms with Gasteiger partial charge in [-0.2, -0.15) is 0 Å². The highest BCUT2D eigenvalue weighted by Gasteiger charge is 2.10. The summed E-state index contributed by atoms with van der Waals surface area (Å²) in [5.74, 6) is 2.19. The highest BCUT2D eigenvalue weighted by atomic mass is 127. The summed E-state index contributed by atoms with van der Waals surface area (Å²) in [7, 11) is 3.24. The van der Waals surface area contributed by atoms with E-state index in [2.05, 4.69) is 31.6 Å². The zero-order valence-electron chi connectivity index (χ0n) is 12.8. The van der Waals surface area contributed by atoms with E-state index in [0.717, 1.165) is 29.1 Å². The van der Waals surface area contributed by atoms with Crippen molar-refractivity contribution in [1.82, 2.24) is 10.6 Å². The Kier molecular flexibility index (Phi) is 10.6. The number of nitrogens with one attached hydrogen (secondary N) is 2. The van der Waals surface area contributed by atoms with Crippen LogP contribution in [0.5, 0.6) is 11.5 Å². The average molecular weight is 472 g/mol. The first-order valence-corrected chi connectivity index (χ1v) is 7.38. The molecule has 0 aromatic heterocycles. The fraction of sp³-hybridized carbons (Fsp3) is 0.500. The van der Waals surface area contributed by atoms with Crippen LogP contribution >= 0.6 is 39.9 Å². The minimum Gasteiger partial charge on any atom is -0.493 e. The van der Waals surface area contributed by atoms with Crippen molar-refractivity contribution in [1.29, 1.82) is 0 Å². The largest absolute Gasteiger partial charge is 0.493 e. The van der Waals surface area contributed by atoms with Gasteiger partial charge in [0.25, 0.3) is 0 Å². The van der Waals surface area contributed by atoms with Crippen LogP contribution in [-0.2, 0) is 6.54 Å². The summed E-state index contributed by atoms with van der Waals surface area (Å²) in [6.07, 6.45) is 0. The van der Waals surface area contributed by atoms with Crippen molar-refractivity contribution in [2.75, 3.05) is 27.3 Å². The summed E-state index contributed by atoms with van der Waals surface area (Å²) in [5, 5.41) is 6.38. The molecule has 0 saturated heterocycles. The molecule has 21 heavy (non-hydrogen) atoms. The molecule has 0 amide bonds. The van der Waals surface area contributed by atoms with Crippen LogP contribution in [0.1, 0.15) is 19.4 Å². The minimum atomic E-state index is 0. The van der Waals surface area contributed by atoms with Gasteiger partial charge in [-0.3, -0.25) is 0 Å². The van der Waals surface area contributed by atoms with E-state index in [1.807, 2.05) is 26.0 Å². The van der Waals surface area contributed by atoms with E-state index in [-0.39, 0.29) is 24.0 Å². The summed E-state index contributed by atoms with van der Waals surface area (Å²) >= 11 is 3.48. The van der Waals surface area contributed by atoms with Crippen molar-refractivity contribution in [2.45, 2.75) is 20.4 Å². The van der Waals surface area contributed by atoms with Crippen LogP contribution in [0, 0.1) is 0 Å². The van der Waals surface area contributed by atoms with Crippen LogP contribution in [-0.4, -0.2) is 33.3 Å². The molecule has 0 fully saturated rings. The number of hydrogen-bond acceptors (Lipinski definition) is 3. The van der Waals surface area contributed by atoms with Gasteiger partial charge in [0.2, 0.25) is 0 Å². The van der Waals surface area contributed by atoms with Crippen molar-refractivity contribution in [2.24, 2.45) is 4.99 Å². The van der Waals surface area contributed by atoms with Crippen molar-refractivity contribution < 1.29 is 9.47 Å². The van der Waals surface area contributed by atoms with Gasteiger partial charge in [-0.15, -0.1) is 24.0 Å². The summed E-state index contributed by atoms with van der Waals surface area (Å²) in [6.45, 7) is 6.32. The third-order valence-electron chi connectivity index (χ3n) is 2.60. The molecule has 0 aliphatic heterocycles. The summed E-state index contributed by atoms with van der Waals surface area (Å²) in [4.78, 5) is 4.52. The van der Waals surface area contributed by atoms with Crippen LogP contribution in [0.15, 0.2) is 21.6 Å². The van der Waals surface area contributed by atoms with Gasteiger partial charge in [0.05, 0.1) is 25.2 Å². The Hall–Kier alpha value is -0.700. The number of halogens is 2. The van der Waals surface area contributed by atoms with Gasteiger partial charge < -0.3 is 20.1 Å². The van der Waals surface area contributed by atoms with E-state index in [9.17, 15) is 0 Å². The molecule has 0 bridgehead atoms. The molecule has 0 atom stereocenters. The molecule has 0 saturated carbocycles. The molecule has 7 heteroatoms. The molecule has 5 nitrogen and oxygen atoms in total. The van der Waals surface area contributed by atoms with E-state index in [1.165, 1.54) is 0 Å². The third kappa shape index (κ3) is 6.29. The third-order valence-corrected chi connectivity index (χ3v) is 3.19. The number of guanidine groups is 1. The molecule has 1 rings (SSSR count). The molecule has 120 valence electrons. The number of nitrogens with zero attached hydrogens (tertiary/aromatic N) is 1. The number of hydrogen-bond donors (Lipinski definition) is 2. The quantitative estimate of drug-likeness (QED) is 0.380. The Morgan fingerprint density at radius 2 is 1.76 bits per heavy atom. The van der Waals surface area contributed by atoms with E-state index in [0.29, 0.717) is 18.0 Å². The van der Waals surface area contributed by atoms with Gasteiger partial charge in [-0.25, -0.2) is 4.99 Å².